The lowest BCUT2D eigenvalue weighted by Gasteiger charge is -2.14. The van der Waals surface area contributed by atoms with Gasteiger partial charge in [-0.3, -0.25) is 9.78 Å². The fourth-order valence-electron chi connectivity index (χ4n) is 3.08. The van der Waals surface area contributed by atoms with Crippen molar-refractivity contribution in [3.05, 3.63) is 82.6 Å². The molecule has 0 fully saturated rings. The number of benzene rings is 2. The summed E-state index contributed by atoms with van der Waals surface area (Å²) in [5.74, 6) is -0.585. The third-order valence-electron chi connectivity index (χ3n) is 4.49. The van der Waals surface area contributed by atoms with Crippen molar-refractivity contribution in [2.75, 3.05) is 0 Å². The Bertz CT molecular complexity index is 1250. The topological polar surface area (TPSA) is 91.1 Å². The third-order valence-corrected chi connectivity index (χ3v) is 6.59. The lowest BCUT2D eigenvalue weighted by atomic mass is 10.0. The minimum atomic E-state index is -3.93. The predicted molar refractivity (Wildman–Crippen MR) is 103 cm³/mol. The lowest BCUT2D eigenvalue weighted by molar-refractivity contribution is 0.0865. The van der Waals surface area contributed by atoms with E-state index in [9.17, 15) is 13.2 Å². The van der Waals surface area contributed by atoms with Crippen molar-refractivity contribution in [2.24, 2.45) is 0 Å². The number of hydrogen-bond donors (Lipinski definition) is 0. The molecule has 0 aliphatic carbocycles. The summed E-state index contributed by atoms with van der Waals surface area (Å²) in [5.41, 5.74) is 2.39. The van der Waals surface area contributed by atoms with E-state index in [-0.39, 0.29) is 17.0 Å². The van der Waals surface area contributed by atoms with E-state index in [4.69, 9.17) is 16.9 Å². The molecule has 0 bridgehead atoms. The van der Waals surface area contributed by atoms with E-state index >= 15 is 0 Å². The van der Waals surface area contributed by atoms with Crippen LogP contribution in [0.15, 0.2) is 65.8 Å². The fraction of sp³-hybridized carbons (Fsp3) is 0.0500. The first kappa shape index (κ1) is 18.2. The van der Waals surface area contributed by atoms with E-state index in [0.717, 1.165) is 4.31 Å². The number of sulfonamides is 1. The van der Waals surface area contributed by atoms with Gasteiger partial charge in [0.2, 0.25) is 0 Å². The minimum Gasteiger partial charge on any atom is -0.268 e. The molecular weight excluding hydrogens is 398 g/mol. The van der Waals surface area contributed by atoms with Crippen LogP contribution in [0.1, 0.15) is 21.5 Å². The molecule has 0 N–H and O–H groups in total. The van der Waals surface area contributed by atoms with Crippen LogP contribution < -0.4 is 0 Å². The molecule has 0 saturated heterocycles. The highest BCUT2D eigenvalue weighted by Gasteiger charge is 2.41. The minimum absolute atomic E-state index is 0.0277. The van der Waals surface area contributed by atoms with Gasteiger partial charge in [0, 0.05) is 23.0 Å². The molecule has 1 aromatic heterocycles. The van der Waals surface area contributed by atoms with Gasteiger partial charge in [-0.1, -0.05) is 23.7 Å². The van der Waals surface area contributed by atoms with Crippen LogP contribution in [-0.2, 0) is 16.6 Å². The molecule has 4 rings (SSSR count). The van der Waals surface area contributed by atoms with Crippen LogP contribution >= 0.6 is 11.6 Å². The largest absolute Gasteiger partial charge is 0.269 e. The summed E-state index contributed by atoms with van der Waals surface area (Å²) >= 11 is 6.25. The van der Waals surface area contributed by atoms with E-state index in [2.05, 4.69) is 4.98 Å². The smallest absolute Gasteiger partial charge is 0.268 e. The number of carbonyl (C=O) groups excluding carboxylic acids is 1. The highest BCUT2D eigenvalue weighted by atomic mass is 35.5. The van der Waals surface area contributed by atoms with Gasteiger partial charge in [-0.05, 0) is 47.5 Å². The van der Waals surface area contributed by atoms with Crippen LogP contribution in [0, 0.1) is 11.3 Å². The zero-order valence-corrected chi connectivity index (χ0v) is 15.9. The normalized spacial score (nSPS) is 14.6. The summed E-state index contributed by atoms with van der Waals surface area (Å²) in [5, 5.41) is 9.31. The molecule has 2 heterocycles. The van der Waals surface area contributed by atoms with Crippen molar-refractivity contribution in [3.63, 3.8) is 0 Å². The Hall–Kier alpha value is -3.21. The first-order valence-corrected chi connectivity index (χ1v) is 10.0. The number of nitriles is 1. The van der Waals surface area contributed by atoms with Gasteiger partial charge in [0.15, 0.2) is 0 Å². The Morgan fingerprint density at radius 3 is 2.46 bits per heavy atom. The number of nitrogens with zero attached hydrogens (tertiary/aromatic N) is 3. The molecular formula is C20H12ClN3O3S. The molecule has 0 atom stereocenters. The van der Waals surface area contributed by atoms with Gasteiger partial charge in [-0.2, -0.15) is 5.26 Å². The first-order valence-electron chi connectivity index (χ1n) is 8.22. The number of halogens is 1. The van der Waals surface area contributed by atoms with E-state index < -0.39 is 15.9 Å². The monoisotopic (exact) mass is 409 g/mol. The molecule has 1 aliphatic rings. The van der Waals surface area contributed by atoms with E-state index in [1.54, 1.807) is 42.7 Å². The van der Waals surface area contributed by atoms with E-state index in [1.165, 1.54) is 18.2 Å². The maximum atomic E-state index is 12.8. The molecule has 138 valence electrons. The summed E-state index contributed by atoms with van der Waals surface area (Å²) in [4.78, 5) is 16.7. The van der Waals surface area contributed by atoms with Gasteiger partial charge in [-0.25, -0.2) is 12.7 Å². The molecule has 1 amide bonds. The zero-order valence-electron chi connectivity index (χ0n) is 14.3. The van der Waals surface area contributed by atoms with Crippen LogP contribution in [0.2, 0.25) is 5.02 Å². The molecule has 0 radical (unpaired) electrons. The molecule has 1 aliphatic heterocycles. The van der Waals surface area contributed by atoms with Crippen LogP contribution in [-0.4, -0.2) is 23.6 Å². The summed E-state index contributed by atoms with van der Waals surface area (Å²) in [6.45, 7) is -0.0642. The van der Waals surface area contributed by atoms with Crippen molar-refractivity contribution >= 4 is 27.5 Å². The summed E-state index contributed by atoms with van der Waals surface area (Å²) in [6, 6.07) is 14.7. The highest BCUT2D eigenvalue weighted by Crippen LogP contribution is 2.36. The van der Waals surface area contributed by atoms with Gasteiger partial charge in [-0.15, -0.1) is 0 Å². The number of hydrogen-bond acceptors (Lipinski definition) is 5. The number of carbonyl (C=O) groups is 1. The molecule has 8 heteroatoms. The number of rotatable bonds is 3. The van der Waals surface area contributed by atoms with Crippen molar-refractivity contribution < 1.29 is 13.2 Å². The second kappa shape index (κ2) is 6.75. The SMILES string of the molecule is N#Cc1ccc(-c2ccc3c(c2)C(=O)N(Cc2ccncc2)S3(=O)=O)c(Cl)c1. The second-order valence-corrected chi connectivity index (χ2v) is 8.43. The fourth-order valence-corrected chi connectivity index (χ4v) is 4.91. The standard InChI is InChI=1S/C20H12ClN3O3S/c21-18-9-14(11-22)1-3-16(18)15-2-4-19-17(10-15)20(25)24(28(19,26)27)12-13-5-7-23-8-6-13/h1-10H,12H2. The number of fused-ring (bicyclic) bond motifs is 1. The van der Waals surface area contributed by atoms with Gasteiger partial charge in [0.25, 0.3) is 15.9 Å². The molecule has 3 aromatic rings. The highest BCUT2D eigenvalue weighted by molar-refractivity contribution is 7.90. The second-order valence-electron chi connectivity index (χ2n) is 6.19. The Kier molecular flexibility index (Phi) is 4.38. The van der Waals surface area contributed by atoms with Gasteiger partial charge in [0.1, 0.15) is 4.90 Å². The average molecular weight is 410 g/mol. The van der Waals surface area contributed by atoms with Crippen LogP contribution in [0.5, 0.6) is 0 Å². The quantitative estimate of drug-likeness (QED) is 0.658. The van der Waals surface area contributed by atoms with Gasteiger partial charge >= 0.3 is 0 Å². The molecule has 28 heavy (non-hydrogen) atoms. The van der Waals surface area contributed by atoms with Crippen LogP contribution in [0.4, 0.5) is 0 Å². The van der Waals surface area contributed by atoms with Crippen molar-refractivity contribution in [2.45, 2.75) is 11.4 Å². The number of aromatic nitrogens is 1. The third kappa shape index (κ3) is 2.93. The Balaban J connectivity index is 1.76. The van der Waals surface area contributed by atoms with Crippen molar-refractivity contribution in [1.29, 1.82) is 5.26 Å². The zero-order chi connectivity index (χ0) is 19.9. The summed E-state index contributed by atoms with van der Waals surface area (Å²) in [7, 11) is -3.93. The summed E-state index contributed by atoms with van der Waals surface area (Å²) in [6.07, 6.45) is 3.08. The molecule has 0 saturated carbocycles. The van der Waals surface area contributed by atoms with Gasteiger partial charge < -0.3 is 0 Å². The predicted octanol–water partition coefficient (Wildman–Crippen LogP) is 3.62. The Morgan fingerprint density at radius 1 is 1.04 bits per heavy atom. The van der Waals surface area contributed by atoms with Crippen LogP contribution in [0.3, 0.4) is 0 Å². The van der Waals surface area contributed by atoms with E-state index in [0.29, 0.717) is 27.3 Å². The van der Waals surface area contributed by atoms with E-state index in [1.807, 2.05) is 6.07 Å². The average Bonchev–Trinajstić information content (AvgIpc) is 2.89. The number of pyridine rings is 1. The Morgan fingerprint density at radius 2 is 1.79 bits per heavy atom. The molecule has 0 spiro atoms. The van der Waals surface area contributed by atoms with Crippen molar-refractivity contribution in [3.8, 4) is 17.2 Å². The summed E-state index contributed by atoms with van der Waals surface area (Å²) < 4.78 is 26.5. The maximum absolute atomic E-state index is 12.8. The lowest BCUT2D eigenvalue weighted by Crippen LogP contribution is -2.29. The first-order chi connectivity index (χ1) is 13.4. The molecule has 6 nitrogen and oxygen atoms in total. The van der Waals surface area contributed by atoms with Gasteiger partial charge in [0.05, 0.1) is 23.7 Å². The van der Waals surface area contributed by atoms with Crippen molar-refractivity contribution in [1.82, 2.24) is 9.29 Å². The number of amides is 1. The molecule has 2 aromatic carbocycles. The molecule has 0 unspecified atom stereocenters. The van der Waals surface area contributed by atoms with Crippen LogP contribution in [0.25, 0.3) is 11.1 Å². The maximum Gasteiger partial charge on any atom is 0.269 e. The Labute approximate surface area is 166 Å².